The van der Waals surface area contributed by atoms with Gasteiger partial charge in [0.05, 0.1) is 56.0 Å². The Hall–Kier alpha value is -2.48. The lowest BCUT2D eigenvalue weighted by Gasteiger charge is -2.37. The van der Waals surface area contributed by atoms with Gasteiger partial charge in [0.1, 0.15) is 5.75 Å². The predicted molar refractivity (Wildman–Crippen MR) is 173 cm³/mol. The second-order valence-electron chi connectivity index (χ2n) is 11.3. The third kappa shape index (κ3) is 7.79. The van der Waals surface area contributed by atoms with E-state index in [-0.39, 0.29) is 27.9 Å². The maximum Gasteiger partial charge on any atom is 0.259 e. The Morgan fingerprint density at radius 3 is 2.56 bits per heavy atom. The second kappa shape index (κ2) is 13.7. The largest absolute Gasteiger partial charge is 0.492 e. The number of thiazole rings is 1. The van der Waals surface area contributed by atoms with E-state index >= 15 is 0 Å². The average molecular weight is 650 g/mol. The molecule has 43 heavy (non-hydrogen) atoms. The van der Waals surface area contributed by atoms with E-state index in [9.17, 15) is 13.2 Å². The highest BCUT2D eigenvalue weighted by atomic mass is 35.5. The highest BCUT2D eigenvalue weighted by Crippen LogP contribution is 2.37. The summed E-state index contributed by atoms with van der Waals surface area (Å²) in [7, 11) is -1.34. The number of halogens is 1. The Labute approximate surface area is 262 Å². The van der Waals surface area contributed by atoms with Crippen molar-refractivity contribution in [2.45, 2.75) is 44.3 Å². The summed E-state index contributed by atoms with van der Waals surface area (Å²) in [6, 6.07) is 8.37. The minimum Gasteiger partial charge on any atom is -0.492 e. The lowest BCUT2D eigenvalue weighted by Crippen LogP contribution is -2.45. The fourth-order valence-electron chi connectivity index (χ4n) is 5.59. The van der Waals surface area contributed by atoms with Gasteiger partial charge < -0.3 is 24.2 Å². The molecule has 0 unspecified atom stereocenters. The Morgan fingerprint density at radius 2 is 1.86 bits per heavy atom. The highest BCUT2D eigenvalue weighted by molar-refractivity contribution is 7.91. The first kappa shape index (κ1) is 31.9. The molecule has 0 spiro atoms. The molecular weight excluding hydrogens is 610 g/mol. The Kier molecular flexibility index (Phi) is 10.1. The summed E-state index contributed by atoms with van der Waals surface area (Å²) < 4.78 is 38.7. The summed E-state index contributed by atoms with van der Waals surface area (Å²) in [6.45, 7) is 12.4. The number of benzene rings is 2. The van der Waals surface area contributed by atoms with Crippen LogP contribution in [0.2, 0.25) is 5.02 Å². The van der Waals surface area contributed by atoms with Crippen molar-refractivity contribution in [2.75, 3.05) is 75.4 Å². The molecule has 234 valence electrons. The van der Waals surface area contributed by atoms with Crippen molar-refractivity contribution in [3.8, 4) is 5.75 Å². The molecule has 2 atom stereocenters. The monoisotopic (exact) mass is 649 g/mol. The molecule has 0 bridgehead atoms. The van der Waals surface area contributed by atoms with Gasteiger partial charge in [-0.05, 0) is 65.0 Å². The van der Waals surface area contributed by atoms with Crippen LogP contribution in [0.5, 0.6) is 5.75 Å². The van der Waals surface area contributed by atoms with Crippen LogP contribution in [-0.4, -0.2) is 107 Å². The number of hydrogen-bond donors (Lipinski definition) is 1. The predicted octanol–water partition coefficient (Wildman–Crippen LogP) is 4.63. The van der Waals surface area contributed by atoms with Crippen LogP contribution in [0.25, 0.3) is 10.2 Å². The quantitative estimate of drug-likeness (QED) is 0.337. The Bertz CT molecular complexity index is 1550. The summed E-state index contributed by atoms with van der Waals surface area (Å²) in [6.07, 6.45) is 0.639. The van der Waals surface area contributed by atoms with Gasteiger partial charge in [0, 0.05) is 45.3 Å². The number of nitrogens with zero attached hydrogens (tertiary/aromatic N) is 4. The third-order valence-corrected chi connectivity index (χ3v) is 10.8. The van der Waals surface area contributed by atoms with Crippen molar-refractivity contribution in [2.24, 2.45) is 0 Å². The van der Waals surface area contributed by atoms with Crippen LogP contribution < -0.4 is 15.0 Å². The fourth-order valence-corrected chi connectivity index (χ4v) is 8.13. The van der Waals surface area contributed by atoms with Crippen LogP contribution >= 0.6 is 22.9 Å². The van der Waals surface area contributed by atoms with E-state index in [1.807, 2.05) is 20.8 Å². The van der Waals surface area contributed by atoms with Crippen LogP contribution in [0.15, 0.2) is 35.2 Å². The number of likely N-dealkylation sites (N-methyl/N-ethyl adjacent to an activating group) is 1. The van der Waals surface area contributed by atoms with Gasteiger partial charge in [-0.25, -0.2) is 13.4 Å². The van der Waals surface area contributed by atoms with Gasteiger partial charge in [-0.3, -0.25) is 10.1 Å². The van der Waals surface area contributed by atoms with Crippen LogP contribution in [-0.2, 0) is 14.6 Å². The zero-order valence-corrected chi connectivity index (χ0v) is 27.5. The number of aromatic nitrogens is 1. The average Bonchev–Trinajstić information content (AvgIpc) is 3.35. The Morgan fingerprint density at radius 1 is 1.14 bits per heavy atom. The maximum atomic E-state index is 13.4. The van der Waals surface area contributed by atoms with Crippen molar-refractivity contribution in [3.63, 3.8) is 0 Å². The smallest absolute Gasteiger partial charge is 0.259 e. The molecule has 0 radical (unpaired) electrons. The van der Waals surface area contributed by atoms with Gasteiger partial charge in [-0.1, -0.05) is 22.9 Å². The van der Waals surface area contributed by atoms with E-state index in [4.69, 9.17) is 21.1 Å². The van der Waals surface area contributed by atoms with Crippen molar-refractivity contribution < 1.29 is 22.7 Å². The first-order valence-electron chi connectivity index (χ1n) is 14.7. The zero-order chi connectivity index (χ0) is 30.7. The molecule has 2 saturated heterocycles. The van der Waals surface area contributed by atoms with Crippen molar-refractivity contribution >= 4 is 59.7 Å². The number of ether oxygens (including phenoxy) is 2. The number of morpholine rings is 1. The van der Waals surface area contributed by atoms with E-state index < -0.39 is 15.7 Å². The van der Waals surface area contributed by atoms with E-state index in [2.05, 4.69) is 32.0 Å². The van der Waals surface area contributed by atoms with E-state index in [0.717, 1.165) is 38.4 Å². The molecular formula is C30H40ClN5O5S2. The Balaban J connectivity index is 1.29. The maximum absolute atomic E-state index is 13.4. The number of fused-ring (bicyclic) bond motifs is 1. The lowest BCUT2D eigenvalue weighted by molar-refractivity contribution is -0.00534. The molecule has 5 rings (SSSR count). The number of carbonyl (C=O) groups is 1. The van der Waals surface area contributed by atoms with Crippen LogP contribution in [0, 0.1) is 0 Å². The lowest BCUT2D eigenvalue weighted by atomic mass is 10.1. The minimum absolute atomic E-state index is 0.0274. The molecule has 1 N–H and O–H groups in total. The van der Waals surface area contributed by atoms with E-state index in [1.54, 1.807) is 30.3 Å². The summed E-state index contributed by atoms with van der Waals surface area (Å²) in [5.74, 6) is 0.300. The molecule has 0 aliphatic carbocycles. The molecule has 2 aliphatic heterocycles. The van der Waals surface area contributed by atoms with Gasteiger partial charge in [0.25, 0.3) is 5.91 Å². The highest BCUT2D eigenvalue weighted by Gasteiger charge is 2.27. The molecule has 3 aromatic rings. The van der Waals surface area contributed by atoms with Crippen molar-refractivity contribution in [3.05, 3.63) is 40.9 Å². The van der Waals surface area contributed by atoms with Crippen LogP contribution in [0.3, 0.4) is 0 Å². The summed E-state index contributed by atoms with van der Waals surface area (Å²) in [5, 5.41) is 3.50. The number of amides is 1. The van der Waals surface area contributed by atoms with Crippen LogP contribution in [0.4, 0.5) is 10.8 Å². The molecule has 1 aromatic heterocycles. The number of hydrogen-bond acceptors (Lipinski definition) is 10. The van der Waals surface area contributed by atoms with Crippen molar-refractivity contribution in [1.29, 1.82) is 0 Å². The number of anilines is 2. The topological polar surface area (TPSA) is 104 Å². The summed E-state index contributed by atoms with van der Waals surface area (Å²) in [5.41, 5.74) is 1.70. The van der Waals surface area contributed by atoms with Crippen LogP contribution in [0.1, 0.15) is 37.6 Å². The second-order valence-corrected chi connectivity index (χ2v) is 14.9. The molecule has 2 aromatic carbocycles. The first-order valence-corrected chi connectivity index (χ1v) is 17.6. The molecule has 0 saturated carbocycles. The first-order chi connectivity index (χ1) is 20.5. The summed E-state index contributed by atoms with van der Waals surface area (Å²) in [4.78, 5) is 25.0. The fraction of sp³-hybridized carbons (Fsp3) is 0.533. The normalized spacial score (nSPS) is 20.4. The number of nitrogens with one attached hydrogen (secondary N) is 1. The molecule has 10 nitrogen and oxygen atoms in total. The van der Waals surface area contributed by atoms with Gasteiger partial charge in [-0.15, -0.1) is 0 Å². The van der Waals surface area contributed by atoms with E-state index in [1.165, 1.54) is 11.3 Å². The number of sulfone groups is 1. The van der Waals surface area contributed by atoms with Gasteiger partial charge in [0.15, 0.2) is 15.0 Å². The summed E-state index contributed by atoms with van der Waals surface area (Å²) >= 11 is 7.80. The van der Waals surface area contributed by atoms with Crippen molar-refractivity contribution in [1.82, 2.24) is 14.8 Å². The molecule has 3 heterocycles. The number of rotatable bonds is 10. The SMILES string of the molecule is CCOc1cc(Cl)c(C(=O)Nc2nc3ccc(S(=O)(=O)CCCN4CCN(C)CC4)cc3s2)cc1N1C[C@H](C)O[C@@H](C)C1. The number of carbonyl (C=O) groups excluding carboxylic acids is 1. The minimum atomic E-state index is -3.45. The standard InChI is InChI=1S/C30H40ClN5O5S2/c1-5-40-27-17-24(31)23(16-26(27)36-18-20(2)41-21(3)19-36)29(37)33-30-32-25-8-7-22(15-28(25)42-30)43(38,39)14-6-9-35-12-10-34(4)11-13-35/h7-8,15-17,20-21H,5-6,9-14,18-19H2,1-4H3,(H,32,33,37)/t20-,21-/m0/s1. The molecule has 2 fully saturated rings. The molecule has 13 heteroatoms. The third-order valence-electron chi connectivity index (χ3n) is 7.78. The molecule has 1 amide bonds. The zero-order valence-electron chi connectivity index (χ0n) is 25.1. The molecule has 2 aliphatic rings. The van der Waals surface area contributed by atoms with Gasteiger partial charge in [-0.2, -0.15) is 0 Å². The van der Waals surface area contributed by atoms with Gasteiger partial charge in [0.2, 0.25) is 0 Å². The number of piperazine rings is 1. The van der Waals surface area contributed by atoms with E-state index in [0.29, 0.717) is 52.8 Å². The van der Waals surface area contributed by atoms with Gasteiger partial charge >= 0.3 is 0 Å².